The first-order valence-electron chi connectivity index (χ1n) is 7.82. The molecule has 8 heteroatoms. The summed E-state index contributed by atoms with van der Waals surface area (Å²) in [5, 5.41) is 4.30. The molecule has 2 heterocycles. The highest BCUT2D eigenvalue weighted by Crippen LogP contribution is 2.23. The van der Waals surface area contributed by atoms with Crippen molar-refractivity contribution in [1.29, 1.82) is 0 Å². The van der Waals surface area contributed by atoms with Gasteiger partial charge in [0.25, 0.3) is 0 Å². The molecule has 1 aliphatic heterocycles. The SMILES string of the molecule is Cc1nn(-c2ccc(F)cc2)c(C)c1S(=O)(=O)NCC1CCCO1. The van der Waals surface area contributed by atoms with Crippen molar-refractivity contribution in [3.05, 3.63) is 41.5 Å². The van der Waals surface area contributed by atoms with E-state index in [1.165, 1.54) is 16.8 Å². The van der Waals surface area contributed by atoms with E-state index in [9.17, 15) is 12.8 Å². The first kappa shape index (κ1) is 17.1. The standard InChI is InChI=1S/C16H20FN3O3S/c1-11-16(24(21,22)18-10-15-4-3-9-23-15)12(2)20(19-11)14-7-5-13(17)6-8-14/h5-8,15,18H,3-4,9-10H2,1-2H3. The van der Waals surface area contributed by atoms with Gasteiger partial charge in [0.2, 0.25) is 10.0 Å². The maximum Gasteiger partial charge on any atom is 0.244 e. The number of ether oxygens (including phenoxy) is 1. The van der Waals surface area contributed by atoms with Gasteiger partial charge in [-0.05, 0) is 51.0 Å². The number of sulfonamides is 1. The van der Waals surface area contributed by atoms with Crippen LogP contribution in [0.4, 0.5) is 4.39 Å². The second kappa shape index (κ2) is 6.62. The van der Waals surface area contributed by atoms with E-state index in [-0.39, 0.29) is 23.4 Å². The Hall–Kier alpha value is -1.77. The number of aryl methyl sites for hydroxylation is 1. The number of aromatic nitrogens is 2. The molecule has 1 fully saturated rings. The minimum Gasteiger partial charge on any atom is -0.377 e. The summed E-state index contributed by atoms with van der Waals surface area (Å²) in [6, 6.07) is 5.75. The van der Waals surface area contributed by atoms with E-state index in [1.54, 1.807) is 26.0 Å². The summed E-state index contributed by atoms with van der Waals surface area (Å²) >= 11 is 0. The number of nitrogens with zero attached hydrogens (tertiary/aromatic N) is 2. The van der Waals surface area contributed by atoms with Gasteiger partial charge in [-0.25, -0.2) is 22.2 Å². The predicted molar refractivity (Wildman–Crippen MR) is 87.2 cm³/mol. The zero-order chi connectivity index (χ0) is 17.3. The van der Waals surface area contributed by atoms with Crippen LogP contribution in [0.2, 0.25) is 0 Å². The van der Waals surface area contributed by atoms with E-state index >= 15 is 0 Å². The quantitative estimate of drug-likeness (QED) is 0.893. The van der Waals surface area contributed by atoms with E-state index in [0.29, 0.717) is 23.7 Å². The Morgan fingerprint density at radius 2 is 2.04 bits per heavy atom. The van der Waals surface area contributed by atoms with Crippen LogP contribution in [0, 0.1) is 19.7 Å². The van der Waals surface area contributed by atoms with Crippen molar-refractivity contribution < 1.29 is 17.5 Å². The Kier molecular flexibility index (Phi) is 4.71. The topological polar surface area (TPSA) is 73.2 Å². The Bertz CT molecular complexity index is 825. The van der Waals surface area contributed by atoms with Gasteiger partial charge in [-0.3, -0.25) is 0 Å². The number of hydrogen-bond acceptors (Lipinski definition) is 4. The van der Waals surface area contributed by atoms with Crippen molar-refractivity contribution in [1.82, 2.24) is 14.5 Å². The van der Waals surface area contributed by atoms with Gasteiger partial charge in [0.05, 0.1) is 23.2 Å². The summed E-state index contributed by atoms with van der Waals surface area (Å²) < 4.78 is 47.9. The third kappa shape index (κ3) is 3.35. The summed E-state index contributed by atoms with van der Waals surface area (Å²) in [7, 11) is -3.69. The van der Waals surface area contributed by atoms with Gasteiger partial charge < -0.3 is 4.74 Å². The van der Waals surface area contributed by atoms with Crippen LogP contribution < -0.4 is 4.72 Å². The van der Waals surface area contributed by atoms with Crippen LogP contribution in [0.5, 0.6) is 0 Å². The third-order valence-electron chi connectivity index (χ3n) is 4.09. The van der Waals surface area contributed by atoms with Crippen LogP contribution in [0.15, 0.2) is 29.2 Å². The number of nitrogens with one attached hydrogen (secondary N) is 1. The van der Waals surface area contributed by atoms with Crippen molar-refractivity contribution >= 4 is 10.0 Å². The fraction of sp³-hybridized carbons (Fsp3) is 0.438. The summed E-state index contributed by atoms with van der Waals surface area (Å²) in [5.74, 6) is -0.355. The third-order valence-corrected chi connectivity index (χ3v) is 5.76. The molecule has 1 unspecified atom stereocenters. The lowest BCUT2D eigenvalue weighted by Gasteiger charge is -2.12. The summed E-state index contributed by atoms with van der Waals surface area (Å²) in [5.41, 5.74) is 1.49. The molecule has 1 aromatic carbocycles. The van der Waals surface area contributed by atoms with Crippen molar-refractivity contribution in [2.45, 2.75) is 37.7 Å². The van der Waals surface area contributed by atoms with Crippen LogP contribution in [0.25, 0.3) is 5.69 Å². The second-order valence-electron chi connectivity index (χ2n) is 5.88. The molecule has 1 N–H and O–H groups in total. The van der Waals surface area contributed by atoms with Crippen LogP contribution in [-0.4, -0.2) is 37.5 Å². The Morgan fingerprint density at radius 3 is 2.67 bits per heavy atom. The molecule has 0 amide bonds. The number of hydrogen-bond donors (Lipinski definition) is 1. The first-order chi connectivity index (χ1) is 11.4. The molecular weight excluding hydrogens is 333 g/mol. The van der Waals surface area contributed by atoms with Gasteiger partial charge in [-0.2, -0.15) is 5.10 Å². The van der Waals surface area contributed by atoms with Crippen LogP contribution in [-0.2, 0) is 14.8 Å². The molecule has 24 heavy (non-hydrogen) atoms. The smallest absolute Gasteiger partial charge is 0.244 e. The first-order valence-corrected chi connectivity index (χ1v) is 9.30. The average Bonchev–Trinajstić information content (AvgIpc) is 3.14. The molecule has 0 aliphatic carbocycles. The molecule has 1 saturated heterocycles. The molecular formula is C16H20FN3O3S. The Morgan fingerprint density at radius 1 is 1.33 bits per heavy atom. The van der Waals surface area contributed by atoms with Crippen molar-refractivity contribution in [3.63, 3.8) is 0 Å². The van der Waals surface area contributed by atoms with Crippen LogP contribution in [0.1, 0.15) is 24.2 Å². The molecule has 1 aromatic heterocycles. The predicted octanol–water partition coefficient (Wildman–Crippen LogP) is 2.09. The molecule has 0 bridgehead atoms. The lowest BCUT2D eigenvalue weighted by Crippen LogP contribution is -2.32. The van der Waals surface area contributed by atoms with Crippen molar-refractivity contribution in [3.8, 4) is 5.69 Å². The van der Waals surface area contributed by atoms with E-state index < -0.39 is 10.0 Å². The van der Waals surface area contributed by atoms with Gasteiger partial charge in [-0.1, -0.05) is 0 Å². The number of benzene rings is 1. The second-order valence-corrected chi connectivity index (χ2v) is 7.58. The van der Waals surface area contributed by atoms with Crippen LogP contribution in [0.3, 0.4) is 0 Å². The maximum atomic E-state index is 13.1. The summed E-state index contributed by atoms with van der Waals surface area (Å²) in [6.07, 6.45) is 1.73. The Balaban J connectivity index is 1.88. The highest BCUT2D eigenvalue weighted by Gasteiger charge is 2.26. The van der Waals surface area contributed by atoms with E-state index in [4.69, 9.17) is 4.74 Å². The normalized spacial score (nSPS) is 18.2. The molecule has 2 aromatic rings. The average molecular weight is 353 g/mol. The minimum atomic E-state index is -3.69. The van der Waals surface area contributed by atoms with E-state index in [2.05, 4.69) is 9.82 Å². The molecule has 130 valence electrons. The number of rotatable bonds is 5. The molecule has 0 spiro atoms. The number of halogens is 1. The highest BCUT2D eigenvalue weighted by atomic mass is 32.2. The van der Waals surface area contributed by atoms with Gasteiger partial charge in [0, 0.05) is 13.2 Å². The molecule has 0 saturated carbocycles. The highest BCUT2D eigenvalue weighted by molar-refractivity contribution is 7.89. The van der Waals surface area contributed by atoms with Crippen molar-refractivity contribution in [2.75, 3.05) is 13.2 Å². The van der Waals surface area contributed by atoms with E-state index in [1.807, 2.05) is 0 Å². The van der Waals surface area contributed by atoms with Gasteiger partial charge in [-0.15, -0.1) is 0 Å². The molecule has 1 atom stereocenters. The van der Waals surface area contributed by atoms with Gasteiger partial charge >= 0.3 is 0 Å². The van der Waals surface area contributed by atoms with Gasteiger partial charge in [0.15, 0.2) is 0 Å². The zero-order valence-corrected chi connectivity index (χ0v) is 14.4. The van der Waals surface area contributed by atoms with Crippen molar-refractivity contribution in [2.24, 2.45) is 0 Å². The lowest BCUT2D eigenvalue weighted by atomic mass is 10.2. The van der Waals surface area contributed by atoms with Crippen LogP contribution >= 0.6 is 0 Å². The minimum absolute atomic E-state index is 0.0764. The van der Waals surface area contributed by atoms with E-state index in [0.717, 1.165) is 12.8 Å². The fourth-order valence-electron chi connectivity index (χ4n) is 2.93. The molecule has 3 rings (SSSR count). The molecule has 6 nitrogen and oxygen atoms in total. The maximum absolute atomic E-state index is 13.1. The fourth-order valence-corrected chi connectivity index (χ4v) is 4.39. The Labute approximate surface area is 140 Å². The monoisotopic (exact) mass is 353 g/mol. The lowest BCUT2D eigenvalue weighted by molar-refractivity contribution is 0.114. The largest absolute Gasteiger partial charge is 0.377 e. The molecule has 0 radical (unpaired) electrons. The summed E-state index contributed by atoms with van der Waals surface area (Å²) in [6.45, 7) is 4.26. The summed E-state index contributed by atoms with van der Waals surface area (Å²) in [4.78, 5) is 0.157. The zero-order valence-electron chi connectivity index (χ0n) is 13.6. The van der Waals surface area contributed by atoms with Gasteiger partial charge in [0.1, 0.15) is 10.7 Å². The molecule has 1 aliphatic rings.